The zero-order valence-corrected chi connectivity index (χ0v) is 8.01. The van der Waals surface area contributed by atoms with Gasteiger partial charge in [-0.3, -0.25) is 0 Å². The van der Waals surface area contributed by atoms with Crippen molar-refractivity contribution in [3.8, 4) is 0 Å². The summed E-state index contributed by atoms with van der Waals surface area (Å²) in [5, 5.41) is 3.32. The molecule has 0 aromatic rings. The maximum Gasteiger partial charge on any atom is 0.238 e. The standard InChI is InChI=1S/C6H16N2OSi/c1-2-9-10-8-5-3-7-4-6-8/h7H,2-6,10H2,1H3. The van der Waals surface area contributed by atoms with Gasteiger partial charge < -0.3 is 14.3 Å². The molecular weight excluding hydrogens is 144 g/mol. The lowest BCUT2D eigenvalue weighted by Crippen LogP contribution is -2.45. The molecule has 0 aromatic heterocycles. The predicted octanol–water partition coefficient (Wildman–Crippen LogP) is -1.07. The molecule has 4 heteroatoms. The largest absolute Gasteiger partial charge is 0.409 e. The highest BCUT2D eigenvalue weighted by Crippen LogP contribution is 1.88. The van der Waals surface area contributed by atoms with E-state index in [4.69, 9.17) is 4.43 Å². The summed E-state index contributed by atoms with van der Waals surface area (Å²) in [5.74, 6) is 0. The summed E-state index contributed by atoms with van der Waals surface area (Å²) in [4.78, 5) is 0. The van der Waals surface area contributed by atoms with Gasteiger partial charge in [0.1, 0.15) is 0 Å². The second-order valence-corrected chi connectivity index (χ2v) is 4.05. The first-order chi connectivity index (χ1) is 4.93. The second-order valence-electron chi connectivity index (χ2n) is 2.49. The molecule has 0 radical (unpaired) electrons. The van der Waals surface area contributed by atoms with Crippen LogP contribution in [-0.2, 0) is 4.43 Å². The van der Waals surface area contributed by atoms with Crippen LogP contribution in [0.3, 0.4) is 0 Å². The maximum atomic E-state index is 5.41. The molecule has 3 nitrogen and oxygen atoms in total. The minimum Gasteiger partial charge on any atom is -0.409 e. The van der Waals surface area contributed by atoms with Crippen LogP contribution in [0.15, 0.2) is 0 Å². The van der Waals surface area contributed by atoms with Gasteiger partial charge in [-0.2, -0.15) is 0 Å². The lowest BCUT2D eigenvalue weighted by molar-refractivity contribution is 0.278. The van der Waals surface area contributed by atoms with Crippen LogP contribution >= 0.6 is 0 Å². The van der Waals surface area contributed by atoms with Gasteiger partial charge >= 0.3 is 0 Å². The summed E-state index contributed by atoms with van der Waals surface area (Å²) in [5.41, 5.74) is 0. The van der Waals surface area contributed by atoms with Crippen LogP contribution in [0.4, 0.5) is 0 Å². The van der Waals surface area contributed by atoms with E-state index in [1.54, 1.807) is 0 Å². The lowest BCUT2D eigenvalue weighted by atomic mass is 10.4. The van der Waals surface area contributed by atoms with Crippen LogP contribution in [0, 0.1) is 0 Å². The molecule has 1 rings (SSSR count). The molecule has 1 aliphatic heterocycles. The Morgan fingerprint density at radius 2 is 2.20 bits per heavy atom. The van der Waals surface area contributed by atoms with E-state index in [1.165, 1.54) is 13.1 Å². The third-order valence-electron chi connectivity index (χ3n) is 1.69. The van der Waals surface area contributed by atoms with Crippen LogP contribution in [0.2, 0.25) is 0 Å². The Bertz CT molecular complexity index is 85.8. The van der Waals surface area contributed by atoms with Crippen LogP contribution in [0.5, 0.6) is 0 Å². The van der Waals surface area contributed by atoms with E-state index < -0.39 is 0 Å². The first kappa shape index (κ1) is 8.20. The number of hydrogen-bond acceptors (Lipinski definition) is 3. The SMILES string of the molecule is CCO[SiH2]N1CCNCC1. The Balaban J connectivity index is 2.02. The number of rotatable bonds is 3. The number of nitrogens with zero attached hydrogens (tertiary/aromatic N) is 1. The Hall–Kier alpha value is 0.0969. The van der Waals surface area contributed by atoms with Crippen molar-refractivity contribution in [1.82, 2.24) is 9.88 Å². The van der Waals surface area contributed by atoms with E-state index in [-0.39, 0.29) is 9.92 Å². The zero-order valence-electron chi connectivity index (χ0n) is 6.60. The number of hydrogen-bond donors (Lipinski definition) is 1. The van der Waals surface area contributed by atoms with Gasteiger partial charge in [-0.1, -0.05) is 0 Å². The molecule has 0 spiro atoms. The smallest absolute Gasteiger partial charge is 0.238 e. The zero-order chi connectivity index (χ0) is 7.23. The van der Waals surface area contributed by atoms with Crippen LogP contribution in [-0.4, -0.2) is 47.3 Å². The van der Waals surface area contributed by atoms with Gasteiger partial charge in [0.2, 0.25) is 9.92 Å². The topological polar surface area (TPSA) is 24.5 Å². The van der Waals surface area contributed by atoms with Gasteiger partial charge in [-0.05, 0) is 6.92 Å². The second kappa shape index (κ2) is 4.84. The fourth-order valence-electron chi connectivity index (χ4n) is 1.06. The summed E-state index contributed by atoms with van der Waals surface area (Å²) in [6.07, 6.45) is 0. The van der Waals surface area contributed by atoms with Gasteiger partial charge in [-0.25, -0.2) is 0 Å². The van der Waals surface area contributed by atoms with Gasteiger partial charge in [0.15, 0.2) is 0 Å². The summed E-state index contributed by atoms with van der Waals surface area (Å²) >= 11 is 0. The maximum absolute atomic E-state index is 5.41. The van der Waals surface area contributed by atoms with E-state index in [1.807, 2.05) is 0 Å². The van der Waals surface area contributed by atoms with Gasteiger partial charge in [-0.15, -0.1) is 0 Å². The first-order valence-electron chi connectivity index (χ1n) is 3.94. The summed E-state index contributed by atoms with van der Waals surface area (Å²) in [7, 11) is -0.341. The van der Waals surface area contributed by atoms with Gasteiger partial charge in [0, 0.05) is 32.8 Å². The quantitative estimate of drug-likeness (QED) is 0.532. The number of piperazine rings is 1. The van der Waals surface area contributed by atoms with Crippen molar-refractivity contribution in [2.45, 2.75) is 6.92 Å². The molecule has 1 fully saturated rings. The van der Waals surface area contributed by atoms with Crippen molar-refractivity contribution in [2.24, 2.45) is 0 Å². The molecule has 1 heterocycles. The average Bonchev–Trinajstić information content (AvgIpc) is 2.03. The van der Waals surface area contributed by atoms with Crippen LogP contribution < -0.4 is 5.32 Å². The summed E-state index contributed by atoms with van der Waals surface area (Å²) in [6.45, 7) is 7.60. The van der Waals surface area contributed by atoms with Crippen LogP contribution in [0.1, 0.15) is 6.92 Å². The Morgan fingerprint density at radius 1 is 1.50 bits per heavy atom. The van der Waals surface area contributed by atoms with Crippen molar-refractivity contribution < 1.29 is 4.43 Å². The van der Waals surface area contributed by atoms with Crippen molar-refractivity contribution in [2.75, 3.05) is 32.8 Å². The van der Waals surface area contributed by atoms with E-state index in [9.17, 15) is 0 Å². The molecule has 1 saturated heterocycles. The highest BCUT2D eigenvalue weighted by molar-refractivity contribution is 6.23. The van der Waals surface area contributed by atoms with Gasteiger partial charge in [0.25, 0.3) is 0 Å². The Morgan fingerprint density at radius 3 is 2.80 bits per heavy atom. The highest BCUT2D eigenvalue weighted by Gasteiger charge is 2.08. The summed E-state index contributed by atoms with van der Waals surface area (Å²) in [6, 6.07) is 0. The monoisotopic (exact) mass is 160 g/mol. The molecule has 1 aliphatic rings. The molecule has 0 bridgehead atoms. The van der Waals surface area contributed by atoms with E-state index in [2.05, 4.69) is 16.8 Å². The Kier molecular flexibility index (Phi) is 3.97. The minimum absolute atomic E-state index is 0.341. The van der Waals surface area contributed by atoms with Crippen molar-refractivity contribution in [3.63, 3.8) is 0 Å². The van der Waals surface area contributed by atoms with Crippen LogP contribution in [0.25, 0.3) is 0 Å². The normalized spacial score (nSPS) is 22.5. The first-order valence-corrected chi connectivity index (χ1v) is 5.15. The molecule has 0 aliphatic carbocycles. The molecular formula is C6H16N2OSi. The predicted molar refractivity (Wildman–Crippen MR) is 44.6 cm³/mol. The third-order valence-corrected chi connectivity index (χ3v) is 3.28. The molecule has 0 aromatic carbocycles. The Labute approximate surface area is 64.8 Å². The lowest BCUT2D eigenvalue weighted by Gasteiger charge is -2.26. The van der Waals surface area contributed by atoms with E-state index >= 15 is 0 Å². The third kappa shape index (κ3) is 2.79. The van der Waals surface area contributed by atoms with Crippen molar-refractivity contribution in [1.29, 1.82) is 0 Å². The average molecular weight is 160 g/mol. The highest BCUT2D eigenvalue weighted by atomic mass is 28.2. The molecule has 0 saturated carbocycles. The molecule has 0 unspecified atom stereocenters. The number of nitrogens with one attached hydrogen (secondary N) is 1. The van der Waals surface area contributed by atoms with E-state index in [0.717, 1.165) is 19.7 Å². The fourth-order valence-corrected chi connectivity index (χ4v) is 2.08. The van der Waals surface area contributed by atoms with Crippen molar-refractivity contribution >= 4 is 9.92 Å². The molecule has 60 valence electrons. The van der Waals surface area contributed by atoms with Gasteiger partial charge in [0.05, 0.1) is 0 Å². The van der Waals surface area contributed by atoms with E-state index in [0.29, 0.717) is 0 Å². The minimum atomic E-state index is -0.341. The molecule has 0 amide bonds. The molecule has 1 N–H and O–H groups in total. The van der Waals surface area contributed by atoms with Crippen molar-refractivity contribution in [3.05, 3.63) is 0 Å². The summed E-state index contributed by atoms with van der Waals surface area (Å²) < 4.78 is 7.87. The molecule has 10 heavy (non-hydrogen) atoms. The molecule has 0 atom stereocenters. The fraction of sp³-hybridized carbons (Fsp3) is 1.00.